The van der Waals surface area contributed by atoms with Gasteiger partial charge in [0.15, 0.2) is 11.6 Å². The zero-order valence-corrected chi connectivity index (χ0v) is 23.4. The van der Waals surface area contributed by atoms with Gasteiger partial charge in [-0.1, -0.05) is 24.3 Å². The van der Waals surface area contributed by atoms with Gasteiger partial charge in [0.25, 0.3) is 10.0 Å². The van der Waals surface area contributed by atoms with Crippen molar-refractivity contribution in [2.75, 3.05) is 21.9 Å². The first kappa shape index (κ1) is 28.4. The molecule has 3 aromatic carbocycles. The van der Waals surface area contributed by atoms with E-state index >= 15 is 0 Å². The summed E-state index contributed by atoms with van der Waals surface area (Å²) in [6.45, 7) is 3.99. The van der Waals surface area contributed by atoms with Crippen LogP contribution in [0, 0.1) is 0 Å². The molecule has 2 unspecified atom stereocenters. The fourth-order valence-electron chi connectivity index (χ4n) is 4.59. The first-order chi connectivity index (χ1) is 19.6. The molecule has 0 spiro atoms. The highest BCUT2D eigenvalue weighted by Crippen LogP contribution is 2.31. The summed E-state index contributed by atoms with van der Waals surface area (Å²) in [6.07, 6.45) is 0.0309. The summed E-state index contributed by atoms with van der Waals surface area (Å²) >= 11 is 0. The van der Waals surface area contributed by atoms with Crippen molar-refractivity contribution in [2.45, 2.75) is 49.8 Å². The maximum absolute atomic E-state index is 13.5. The third kappa shape index (κ3) is 6.63. The van der Waals surface area contributed by atoms with E-state index in [1.807, 2.05) is 0 Å². The number of hydrogen-bond donors (Lipinski definition) is 6. The van der Waals surface area contributed by atoms with Crippen LogP contribution >= 0.6 is 0 Å². The standard InChI is InChI=1S/C29H32N6O5S/c1-17(36)19-13-20(18(2)37)15-22(14-19)31-27-28(34-25-10-4-3-9-24(25)33-27)35-41(39,40)23-8-5-7-21(16-23)32-29(38)26-11-6-12-30-26/h3-5,7-10,13-18,26,30,36-37H,6,11-12H2,1-2H3,(H,31,33)(H,32,38)(H,34,35)/t17?,18?,26-/m0/s1. The molecule has 4 aromatic rings. The molecule has 0 saturated carbocycles. The van der Waals surface area contributed by atoms with Crippen LogP contribution in [-0.4, -0.2) is 47.1 Å². The second-order valence-electron chi connectivity index (χ2n) is 10.0. The normalized spacial score (nSPS) is 16.7. The molecular formula is C29H32N6O5S. The number of amides is 1. The summed E-state index contributed by atoms with van der Waals surface area (Å²) in [4.78, 5) is 21.6. The van der Waals surface area contributed by atoms with Gasteiger partial charge in [-0.2, -0.15) is 0 Å². The molecule has 1 fully saturated rings. The van der Waals surface area contributed by atoms with Gasteiger partial charge in [-0.25, -0.2) is 18.4 Å². The van der Waals surface area contributed by atoms with E-state index in [0.29, 0.717) is 33.5 Å². The number of carbonyl (C=O) groups is 1. The molecule has 214 valence electrons. The number of carbonyl (C=O) groups excluding carboxylic acids is 1. The van der Waals surface area contributed by atoms with Gasteiger partial charge in [0.05, 0.1) is 34.2 Å². The Morgan fingerprint density at radius 1 is 0.902 bits per heavy atom. The number of anilines is 4. The van der Waals surface area contributed by atoms with E-state index in [9.17, 15) is 23.4 Å². The summed E-state index contributed by atoms with van der Waals surface area (Å²) in [5.74, 6) is -0.134. The molecule has 3 atom stereocenters. The maximum Gasteiger partial charge on any atom is 0.263 e. The van der Waals surface area contributed by atoms with Crippen molar-refractivity contribution >= 4 is 50.0 Å². The highest BCUT2D eigenvalue weighted by atomic mass is 32.2. The second-order valence-corrected chi connectivity index (χ2v) is 11.7. The van der Waals surface area contributed by atoms with Gasteiger partial charge in [0.2, 0.25) is 5.91 Å². The minimum Gasteiger partial charge on any atom is -0.389 e. The monoisotopic (exact) mass is 576 g/mol. The molecule has 0 radical (unpaired) electrons. The van der Waals surface area contributed by atoms with E-state index in [4.69, 9.17) is 0 Å². The number of aliphatic hydroxyl groups is 2. The van der Waals surface area contributed by atoms with Crippen molar-refractivity contribution < 1.29 is 23.4 Å². The molecule has 6 N–H and O–H groups in total. The molecule has 0 bridgehead atoms. The molecular weight excluding hydrogens is 544 g/mol. The van der Waals surface area contributed by atoms with Crippen LogP contribution in [-0.2, 0) is 14.8 Å². The van der Waals surface area contributed by atoms with Crippen molar-refractivity contribution in [3.63, 3.8) is 0 Å². The van der Waals surface area contributed by atoms with Crippen molar-refractivity contribution in [3.05, 3.63) is 77.9 Å². The van der Waals surface area contributed by atoms with E-state index in [1.54, 1.807) is 68.4 Å². The van der Waals surface area contributed by atoms with E-state index in [2.05, 4.69) is 30.6 Å². The topological polar surface area (TPSA) is 166 Å². The van der Waals surface area contributed by atoms with Crippen molar-refractivity contribution in [1.82, 2.24) is 15.3 Å². The molecule has 12 heteroatoms. The highest BCUT2D eigenvalue weighted by molar-refractivity contribution is 7.92. The summed E-state index contributed by atoms with van der Waals surface area (Å²) < 4.78 is 29.6. The Hall–Kier alpha value is -4.10. The predicted molar refractivity (Wildman–Crippen MR) is 157 cm³/mol. The number of rotatable bonds is 9. The number of benzene rings is 3. The van der Waals surface area contributed by atoms with Crippen LogP contribution in [0.1, 0.15) is 50.0 Å². The molecule has 1 aliphatic heterocycles. The first-order valence-corrected chi connectivity index (χ1v) is 14.8. The largest absolute Gasteiger partial charge is 0.389 e. The number of nitrogens with one attached hydrogen (secondary N) is 4. The Bertz CT molecular complexity index is 1660. The van der Waals surface area contributed by atoms with E-state index < -0.39 is 22.2 Å². The van der Waals surface area contributed by atoms with Gasteiger partial charge >= 0.3 is 0 Å². The van der Waals surface area contributed by atoms with Gasteiger partial charge in [-0.15, -0.1) is 0 Å². The molecule has 1 aromatic heterocycles. The Morgan fingerprint density at radius 3 is 2.17 bits per heavy atom. The lowest BCUT2D eigenvalue weighted by atomic mass is 10.0. The predicted octanol–water partition coefficient (Wildman–Crippen LogP) is 3.97. The number of fused-ring (bicyclic) bond motifs is 1. The number of aromatic nitrogens is 2. The summed E-state index contributed by atoms with van der Waals surface area (Å²) in [6, 6.07) is 17.8. The summed E-state index contributed by atoms with van der Waals surface area (Å²) in [7, 11) is -4.16. The first-order valence-electron chi connectivity index (χ1n) is 13.3. The van der Waals surface area contributed by atoms with Crippen molar-refractivity contribution in [2.24, 2.45) is 0 Å². The smallest absolute Gasteiger partial charge is 0.263 e. The summed E-state index contributed by atoms with van der Waals surface area (Å²) in [5, 5.41) is 29.4. The molecule has 41 heavy (non-hydrogen) atoms. The van der Waals surface area contributed by atoms with Gasteiger partial charge in [0, 0.05) is 11.4 Å². The maximum atomic E-state index is 13.5. The van der Waals surface area contributed by atoms with E-state index in [1.165, 1.54) is 12.1 Å². The average molecular weight is 577 g/mol. The Balaban J connectivity index is 1.48. The average Bonchev–Trinajstić information content (AvgIpc) is 3.49. The van der Waals surface area contributed by atoms with Gasteiger partial charge < -0.3 is 26.2 Å². The van der Waals surface area contributed by atoms with Gasteiger partial charge in [-0.05, 0) is 86.8 Å². The molecule has 1 aliphatic rings. The Morgan fingerprint density at radius 2 is 1.56 bits per heavy atom. The SMILES string of the molecule is CC(O)c1cc(Nc2nc3ccccc3nc2NS(=O)(=O)c2cccc(NC(=O)[C@@H]3CCCN3)c2)cc(C(C)O)c1. The van der Waals surface area contributed by atoms with Crippen LogP contribution in [0.3, 0.4) is 0 Å². The zero-order chi connectivity index (χ0) is 29.1. The number of aliphatic hydroxyl groups excluding tert-OH is 2. The Labute approximate surface area is 238 Å². The molecule has 2 heterocycles. The quantitative estimate of drug-likeness (QED) is 0.173. The lowest BCUT2D eigenvalue weighted by molar-refractivity contribution is -0.117. The summed E-state index contributed by atoms with van der Waals surface area (Å²) in [5.41, 5.74) is 2.97. The highest BCUT2D eigenvalue weighted by Gasteiger charge is 2.24. The van der Waals surface area contributed by atoms with Crippen LogP contribution in [0.4, 0.5) is 23.0 Å². The number of nitrogens with zero attached hydrogens (tertiary/aromatic N) is 2. The second kappa shape index (κ2) is 11.8. The van der Waals surface area contributed by atoms with Gasteiger partial charge in [-0.3, -0.25) is 9.52 Å². The van der Waals surface area contributed by atoms with Crippen LogP contribution in [0.2, 0.25) is 0 Å². The van der Waals surface area contributed by atoms with E-state index in [-0.39, 0.29) is 28.5 Å². The van der Waals surface area contributed by atoms with Gasteiger partial charge in [0.1, 0.15) is 0 Å². The Kier molecular flexibility index (Phi) is 8.18. The van der Waals surface area contributed by atoms with Crippen LogP contribution in [0.15, 0.2) is 71.6 Å². The van der Waals surface area contributed by atoms with Crippen LogP contribution < -0.4 is 20.7 Å². The fraction of sp³-hybridized carbons (Fsp3) is 0.276. The fourth-order valence-corrected chi connectivity index (χ4v) is 5.65. The lowest BCUT2D eigenvalue weighted by Gasteiger charge is -2.17. The molecule has 1 saturated heterocycles. The minimum atomic E-state index is -4.16. The van der Waals surface area contributed by atoms with Crippen molar-refractivity contribution in [1.29, 1.82) is 0 Å². The number of hydrogen-bond acceptors (Lipinski definition) is 9. The molecule has 11 nitrogen and oxygen atoms in total. The molecule has 1 amide bonds. The van der Waals surface area contributed by atoms with Crippen LogP contribution in [0.25, 0.3) is 11.0 Å². The van der Waals surface area contributed by atoms with E-state index in [0.717, 1.165) is 19.4 Å². The molecule has 5 rings (SSSR count). The number of para-hydroxylation sites is 2. The third-order valence-electron chi connectivity index (χ3n) is 6.80. The lowest BCUT2D eigenvalue weighted by Crippen LogP contribution is -2.35. The minimum absolute atomic E-state index is 0.0469. The van der Waals surface area contributed by atoms with Crippen LogP contribution in [0.5, 0.6) is 0 Å². The third-order valence-corrected chi connectivity index (χ3v) is 8.13. The van der Waals surface area contributed by atoms with Crippen molar-refractivity contribution in [3.8, 4) is 0 Å². The zero-order valence-electron chi connectivity index (χ0n) is 22.6. The molecule has 0 aliphatic carbocycles. The number of sulfonamides is 1.